The van der Waals surface area contributed by atoms with Crippen LogP contribution < -0.4 is 4.74 Å². The Labute approximate surface area is 154 Å². The Kier molecular flexibility index (Phi) is 5.81. The van der Waals surface area contributed by atoms with Crippen molar-refractivity contribution in [2.75, 3.05) is 13.2 Å². The van der Waals surface area contributed by atoms with Gasteiger partial charge in [-0.15, -0.1) is 0 Å². The first-order chi connectivity index (χ1) is 12.4. The van der Waals surface area contributed by atoms with E-state index in [1.54, 1.807) is 0 Å². The average molecular weight is 361 g/mol. The van der Waals surface area contributed by atoms with Crippen LogP contribution >= 0.6 is 0 Å². The predicted molar refractivity (Wildman–Crippen MR) is 96.0 cm³/mol. The number of piperidine rings is 1. The highest BCUT2D eigenvalue weighted by Crippen LogP contribution is 2.39. The molecule has 0 spiro atoms. The molecule has 1 saturated heterocycles. The lowest BCUT2D eigenvalue weighted by Crippen LogP contribution is -2.47. The van der Waals surface area contributed by atoms with Crippen LogP contribution in [0.4, 0.5) is 0 Å². The highest BCUT2D eigenvalue weighted by molar-refractivity contribution is 5.78. The molecule has 0 bridgehead atoms. The first-order valence-electron chi connectivity index (χ1n) is 9.33. The van der Waals surface area contributed by atoms with Crippen molar-refractivity contribution in [3.8, 4) is 5.75 Å². The summed E-state index contributed by atoms with van der Waals surface area (Å²) in [7, 11) is 0. The minimum absolute atomic E-state index is 0.0554. The second kappa shape index (κ2) is 8.08. The Bertz CT molecular complexity index is 655. The van der Waals surface area contributed by atoms with Gasteiger partial charge in [0.1, 0.15) is 12.4 Å². The summed E-state index contributed by atoms with van der Waals surface area (Å²) in [6.45, 7) is 4.30. The van der Waals surface area contributed by atoms with Gasteiger partial charge in [-0.2, -0.15) is 0 Å². The number of carboxylic acids is 1. The minimum Gasteiger partial charge on any atom is -0.491 e. The number of ether oxygens (including phenoxy) is 2. The predicted octanol–water partition coefficient (Wildman–Crippen LogP) is 3.02. The van der Waals surface area contributed by atoms with Gasteiger partial charge in [0, 0.05) is 13.0 Å². The van der Waals surface area contributed by atoms with Gasteiger partial charge in [0.25, 0.3) is 0 Å². The molecule has 3 rings (SSSR count). The van der Waals surface area contributed by atoms with E-state index < -0.39 is 5.97 Å². The zero-order valence-electron chi connectivity index (χ0n) is 15.4. The fraction of sp³-hybridized carbons (Fsp3) is 0.600. The van der Waals surface area contributed by atoms with Gasteiger partial charge >= 0.3 is 5.97 Å². The van der Waals surface area contributed by atoms with Crippen molar-refractivity contribution in [2.24, 2.45) is 5.92 Å². The number of hydrogen-bond acceptors (Lipinski definition) is 4. The smallest absolute Gasteiger partial charge is 0.329 e. The maximum atomic E-state index is 12.6. The molecular weight excluding hydrogens is 334 g/mol. The lowest BCUT2D eigenvalue weighted by molar-refractivity contribution is -0.153. The highest BCUT2D eigenvalue weighted by atomic mass is 16.5. The lowest BCUT2D eigenvalue weighted by atomic mass is 9.91. The molecule has 2 aliphatic rings. The number of carbonyl (C=O) groups excluding carboxylic acids is 1. The van der Waals surface area contributed by atoms with Gasteiger partial charge < -0.3 is 19.5 Å². The Morgan fingerprint density at radius 2 is 2.08 bits per heavy atom. The Balaban J connectivity index is 1.88. The maximum Gasteiger partial charge on any atom is 0.329 e. The number of benzene rings is 1. The molecule has 1 aromatic carbocycles. The van der Waals surface area contributed by atoms with Crippen LogP contribution in [-0.2, 0) is 14.3 Å². The van der Waals surface area contributed by atoms with E-state index in [0.717, 1.165) is 24.2 Å². The van der Waals surface area contributed by atoms with Gasteiger partial charge in [-0.1, -0.05) is 12.1 Å². The van der Waals surface area contributed by atoms with Crippen LogP contribution in [0.1, 0.15) is 51.1 Å². The molecule has 1 heterocycles. The monoisotopic (exact) mass is 361 g/mol. The molecule has 6 heteroatoms. The zero-order chi connectivity index (χ0) is 18.7. The van der Waals surface area contributed by atoms with Gasteiger partial charge in [0.05, 0.1) is 18.2 Å². The van der Waals surface area contributed by atoms with E-state index in [-0.39, 0.29) is 30.8 Å². The summed E-state index contributed by atoms with van der Waals surface area (Å²) >= 11 is 0. The molecule has 0 aromatic heterocycles. The van der Waals surface area contributed by atoms with Crippen LogP contribution in [-0.4, -0.2) is 47.2 Å². The van der Waals surface area contributed by atoms with Crippen molar-refractivity contribution in [3.05, 3.63) is 29.8 Å². The van der Waals surface area contributed by atoms with Gasteiger partial charge in [-0.25, -0.2) is 4.79 Å². The standard InChI is InChI=1S/C20H27NO5/c1-13(2)26-16-5-3-4-15(10-16)20-17(25-12-19(23)24)8-9-18(22)21(20)11-14-6-7-14/h3-5,10,13-14,17,20H,6-9,11-12H2,1-2H3,(H,23,24)/t17-,20+/m0/s1. The molecule has 1 aliphatic heterocycles. The van der Waals surface area contributed by atoms with Crippen molar-refractivity contribution in [1.82, 2.24) is 4.90 Å². The molecule has 1 N–H and O–H groups in total. The summed E-state index contributed by atoms with van der Waals surface area (Å²) in [6.07, 6.45) is 2.96. The van der Waals surface area contributed by atoms with Gasteiger partial charge in [0.15, 0.2) is 0 Å². The first-order valence-corrected chi connectivity index (χ1v) is 9.33. The fourth-order valence-electron chi connectivity index (χ4n) is 3.51. The quantitative estimate of drug-likeness (QED) is 0.770. The molecule has 0 radical (unpaired) electrons. The van der Waals surface area contributed by atoms with E-state index in [4.69, 9.17) is 14.6 Å². The Morgan fingerprint density at radius 1 is 1.31 bits per heavy atom. The Hall–Kier alpha value is -2.08. The molecule has 2 atom stereocenters. The summed E-state index contributed by atoms with van der Waals surface area (Å²) in [5.41, 5.74) is 0.937. The molecule has 26 heavy (non-hydrogen) atoms. The van der Waals surface area contributed by atoms with Crippen LogP contribution in [0.2, 0.25) is 0 Å². The van der Waals surface area contributed by atoms with Crippen molar-refractivity contribution < 1.29 is 24.2 Å². The second-order valence-corrected chi connectivity index (χ2v) is 7.46. The van der Waals surface area contributed by atoms with Crippen LogP contribution in [0.5, 0.6) is 5.75 Å². The minimum atomic E-state index is -0.994. The third-order valence-electron chi connectivity index (χ3n) is 4.80. The maximum absolute atomic E-state index is 12.6. The van der Waals surface area contributed by atoms with E-state index in [9.17, 15) is 9.59 Å². The number of nitrogens with zero attached hydrogens (tertiary/aromatic N) is 1. The molecule has 1 saturated carbocycles. The van der Waals surface area contributed by atoms with Gasteiger partial charge in [0.2, 0.25) is 5.91 Å². The number of carboxylic acid groups (broad SMARTS) is 1. The SMILES string of the molecule is CC(C)Oc1cccc([C@@H]2[C@@H](OCC(=O)O)CCC(=O)N2CC2CC2)c1. The van der Waals surface area contributed by atoms with Gasteiger partial charge in [-0.05, 0) is 56.7 Å². The largest absolute Gasteiger partial charge is 0.491 e. The van der Waals surface area contributed by atoms with Crippen LogP contribution in [0.25, 0.3) is 0 Å². The number of hydrogen-bond donors (Lipinski definition) is 1. The van der Waals surface area contributed by atoms with Crippen molar-refractivity contribution in [1.29, 1.82) is 0 Å². The van der Waals surface area contributed by atoms with Crippen LogP contribution in [0, 0.1) is 5.92 Å². The summed E-state index contributed by atoms with van der Waals surface area (Å²) in [4.78, 5) is 25.5. The number of likely N-dealkylation sites (tertiary alicyclic amines) is 1. The van der Waals surface area contributed by atoms with Gasteiger partial charge in [-0.3, -0.25) is 4.79 Å². The van der Waals surface area contributed by atoms with Crippen molar-refractivity contribution in [2.45, 2.75) is 57.8 Å². The molecule has 1 aliphatic carbocycles. The second-order valence-electron chi connectivity index (χ2n) is 7.46. The van der Waals surface area contributed by atoms with E-state index in [1.807, 2.05) is 43.0 Å². The number of rotatable bonds is 8. The topological polar surface area (TPSA) is 76.1 Å². The van der Waals surface area contributed by atoms with E-state index in [0.29, 0.717) is 25.3 Å². The third-order valence-corrected chi connectivity index (χ3v) is 4.80. The molecule has 6 nitrogen and oxygen atoms in total. The highest BCUT2D eigenvalue weighted by Gasteiger charge is 2.40. The zero-order valence-corrected chi connectivity index (χ0v) is 15.4. The molecule has 1 amide bonds. The molecule has 142 valence electrons. The normalized spacial score (nSPS) is 23.3. The molecule has 2 fully saturated rings. The Morgan fingerprint density at radius 3 is 2.73 bits per heavy atom. The van der Waals surface area contributed by atoms with E-state index in [1.165, 1.54) is 0 Å². The fourth-order valence-corrected chi connectivity index (χ4v) is 3.51. The molecule has 0 unspecified atom stereocenters. The number of amides is 1. The summed E-state index contributed by atoms with van der Waals surface area (Å²) in [5.74, 6) is 0.423. The van der Waals surface area contributed by atoms with Crippen LogP contribution in [0.15, 0.2) is 24.3 Å². The number of carbonyl (C=O) groups is 2. The third kappa shape index (κ3) is 4.75. The average Bonchev–Trinajstić information content (AvgIpc) is 3.39. The van der Waals surface area contributed by atoms with E-state index >= 15 is 0 Å². The van der Waals surface area contributed by atoms with E-state index in [2.05, 4.69) is 0 Å². The summed E-state index contributed by atoms with van der Waals surface area (Å²) < 4.78 is 11.5. The van der Waals surface area contributed by atoms with Crippen molar-refractivity contribution >= 4 is 11.9 Å². The lowest BCUT2D eigenvalue weighted by Gasteiger charge is -2.41. The molecule has 1 aromatic rings. The first kappa shape index (κ1) is 18.7. The summed E-state index contributed by atoms with van der Waals surface area (Å²) in [5, 5.41) is 8.99. The summed E-state index contributed by atoms with van der Waals surface area (Å²) in [6, 6.07) is 7.45. The molecular formula is C20H27NO5. The van der Waals surface area contributed by atoms with Crippen molar-refractivity contribution in [3.63, 3.8) is 0 Å². The number of aliphatic carboxylic acids is 1. The van der Waals surface area contributed by atoms with Crippen LogP contribution in [0.3, 0.4) is 0 Å².